The molecule has 1 heteroatoms. The largest absolute Gasteiger partial charge is 0.303 e. The second kappa shape index (κ2) is 19.5. The van der Waals surface area contributed by atoms with E-state index in [2.05, 4.69) is 49.1 Å². The first-order valence-corrected chi connectivity index (χ1v) is 12.6. The van der Waals surface area contributed by atoms with E-state index >= 15 is 0 Å². The topological polar surface area (TPSA) is 3.24 Å². The van der Waals surface area contributed by atoms with Crippen molar-refractivity contribution in [3.8, 4) is 0 Å². The number of benzene rings is 1. The molecule has 1 aromatic rings. The third-order valence-corrected chi connectivity index (χ3v) is 5.94. The Morgan fingerprint density at radius 3 is 1.43 bits per heavy atom. The summed E-state index contributed by atoms with van der Waals surface area (Å²) < 4.78 is 0. The highest BCUT2D eigenvalue weighted by molar-refractivity contribution is 5.14. The first kappa shape index (κ1) is 25.2. The number of hydrogen-bond acceptors (Lipinski definition) is 1. The lowest BCUT2D eigenvalue weighted by Gasteiger charge is -2.22. The molecular weight excluding hydrogens is 338 g/mol. The summed E-state index contributed by atoms with van der Waals surface area (Å²) in [4.78, 5) is 2.76. The molecule has 0 heterocycles. The molecule has 0 fully saturated rings. The molecule has 1 rings (SSSR count). The summed E-state index contributed by atoms with van der Waals surface area (Å²) in [5, 5.41) is 0. The average molecular weight is 388 g/mol. The SMILES string of the molecule is CCCCCCCCCN(CCCCCCCCC)CCCc1ccccc1. The third-order valence-electron chi connectivity index (χ3n) is 5.94. The van der Waals surface area contributed by atoms with Crippen molar-refractivity contribution in [3.63, 3.8) is 0 Å². The standard InChI is InChI=1S/C27H49N/c1-3-5-7-9-11-13-18-24-28(25-19-14-12-10-8-6-4-2)26-20-23-27-21-16-15-17-22-27/h15-17,21-22H,3-14,18-20,23-26H2,1-2H3. The van der Waals surface area contributed by atoms with Crippen LogP contribution >= 0.6 is 0 Å². The number of unbranched alkanes of at least 4 members (excludes halogenated alkanes) is 12. The molecule has 0 N–H and O–H groups in total. The summed E-state index contributed by atoms with van der Waals surface area (Å²) in [5.41, 5.74) is 1.49. The van der Waals surface area contributed by atoms with Gasteiger partial charge in [-0.2, -0.15) is 0 Å². The summed E-state index contributed by atoms with van der Waals surface area (Å²) >= 11 is 0. The van der Waals surface area contributed by atoms with E-state index in [0.717, 1.165) is 0 Å². The third kappa shape index (κ3) is 15.1. The Bertz CT molecular complexity index is 396. The molecule has 0 aromatic heterocycles. The zero-order valence-corrected chi connectivity index (χ0v) is 19.3. The quantitative estimate of drug-likeness (QED) is 0.203. The van der Waals surface area contributed by atoms with Gasteiger partial charge >= 0.3 is 0 Å². The Labute approximate surface area is 177 Å². The molecule has 1 nitrogen and oxygen atoms in total. The van der Waals surface area contributed by atoms with Crippen LogP contribution in [0.25, 0.3) is 0 Å². The van der Waals surface area contributed by atoms with Crippen molar-refractivity contribution in [2.24, 2.45) is 0 Å². The van der Waals surface area contributed by atoms with Gasteiger partial charge in [-0.25, -0.2) is 0 Å². The van der Waals surface area contributed by atoms with E-state index in [4.69, 9.17) is 0 Å². The van der Waals surface area contributed by atoms with E-state index < -0.39 is 0 Å². The number of nitrogens with zero attached hydrogens (tertiary/aromatic N) is 1. The monoisotopic (exact) mass is 387 g/mol. The van der Waals surface area contributed by atoms with Crippen LogP contribution < -0.4 is 0 Å². The van der Waals surface area contributed by atoms with Gasteiger partial charge in [0, 0.05) is 0 Å². The molecule has 0 aliphatic heterocycles. The van der Waals surface area contributed by atoms with E-state index in [9.17, 15) is 0 Å². The van der Waals surface area contributed by atoms with Crippen molar-refractivity contribution in [2.45, 2.75) is 117 Å². The molecule has 0 radical (unpaired) electrons. The van der Waals surface area contributed by atoms with Crippen LogP contribution in [0.15, 0.2) is 30.3 Å². The summed E-state index contributed by atoms with van der Waals surface area (Å²) in [7, 11) is 0. The van der Waals surface area contributed by atoms with Crippen LogP contribution in [0.4, 0.5) is 0 Å². The molecule has 0 unspecified atom stereocenters. The predicted molar refractivity (Wildman–Crippen MR) is 127 cm³/mol. The molecule has 0 saturated carbocycles. The predicted octanol–water partition coefficient (Wildman–Crippen LogP) is 8.42. The van der Waals surface area contributed by atoms with Gasteiger partial charge in [0.05, 0.1) is 0 Å². The van der Waals surface area contributed by atoms with Crippen molar-refractivity contribution in [1.82, 2.24) is 4.90 Å². The van der Waals surface area contributed by atoms with Crippen LogP contribution in [0, 0.1) is 0 Å². The molecule has 28 heavy (non-hydrogen) atoms. The molecule has 162 valence electrons. The van der Waals surface area contributed by atoms with Gasteiger partial charge in [0.15, 0.2) is 0 Å². The first-order chi connectivity index (χ1) is 13.9. The molecular formula is C27H49N. The smallest absolute Gasteiger partial charge is 0.00156 e. The van der Waals surface area contributed by atoms with Crippen LogP contribution in [0.1, 0.15) is 116 Å². The Balaban J connectivity index is 2.18. The second-order valence-electron chi connectivity index (χ2n) is 8.67. The van der Waals surface area contributed by atoms with Crippen LogP contribution in [0.2, 0.25) is 0 Å². The van der Waals surface area contributed by atoms with Gasteiger partial charge in [0.2, 0.25) is 0 Å². The number of aryl methyl sites for hydroxylation is 1. The van der Waals surface area contributed by atoms with Gasteiger partial charge in [-0.15, -0.1) is 0 Å². The lowest BCUT2D eigenvalue weighted by molar-refractivity contribution is 0.257. The molecule has 0 amide bonds. The molecule has 0 aliphatic rings. The highest BCUT2D eigenvalue weighted by Gasteiger charge is 2.05. The first-order valence-electron chi connectivity index (χ1n) is 12.6. The zero-order valence-electron chi connectivity index (χ0n) is 19.3. The summed E-state index contributed by atoms with van der Waals surface area (Å²) in [6.45, 7) is 8.52. The summed E-state index contributed by atoms with van der Waals surface area (Å²) in [6, 6.07) is 11.0. The Morgan fingerprint density at radius 2 is 0.929 bits per heavy atom. The average Bonchev–Trinajstić information content (AvgIpc) is 2.72. The van der Waals surface area contributed by atoms with E-state index in [1.54, 1.807) is 0 Å². The van der Waals surface area contributed by atoms with Gasteiger partial charge in [0.25, 0.3) is 0 Å². The highest BCUT2D eigenvalue weighted by atomic mass is 15.1. The Hall–Kier alpha value is -0.820. The fourth-order valence-electron chi connectivity index (χ4n) is 4.07. The Morgan fingerprint density at radius 1 is 0.500 bits per heavy atom. The zero-order chi connectivity index (χ0) is 20.1. The fourth-order valence-corrected chi connectivity index (χ4v) is 4.07. The van der Waals surface area contributed by atoms with Crippen molar-refractivity contribution in [2.75, 3.05) is 19.6 Å². The minimum absolute atomic E-state index is 1.23. The van der Waals surface area contributed by atoms with Crippen LogP contribution in [0.5, 0.6) is 0 Å². The Kier molecular flexibility index (Phi) is 17.6. The lowest BCUT2D eigenvalue weighted by atomic mass is 10.1. The molecule has 0 spiro atoms. The van der Waals surface area contributed by atoms with E-state index in [-0.39, 0.29) is 0 Å². The van der Waals surface area contributed by atoms with Crippen LogP contribution in [0.3, 0.4) is 0 Å². The van der Waals surface area contributed by atoms with Crippen molar-refractivity contribution < 1.29 is 0 Å². The summed E-state index contributed by atoms with van der Waals surface area (Å²) in [5.74, 6) is 0. The van der Waals surface area contributed by atoms with Gasteiger partial charge in [-0.1, -0.05) is 121 Å². The maximum absolute atomic E-state index is 2.76. The molecule has 0 bridgehead atoms. The van der Waals surface area contributed by atoms with Crippen molar-refractivity contribution in [1.29, 1.82) is 0 Å². The minimum Gasteiger partial charge on any atom is -0.303 e. The van der Waals surface area contributed by atoms with E-state index in [1.807, 2.05) is 0 Å². The van der Waals surface area contributed by atoms with Crippen molar-refractivity contribution in [3.05, 3.63) is 35.9 Å². The second-order valence-corrected chi connectivity index (χ2v) is 8.67. The molecule has 0 atom stereocenters. The van der Waals surface area contributed by atoms with Crippen LogP contribution in [-0.2, 0) is 6.42 Å². The minimum atomic E-state index is 1.23. The molecule has 1 aromatic carbocycles. The van der Waals surface area contributed by atoms with Crippen LogP contribution in [-0.4, -0.2) is 24.5 Å². The maximum atomic E-state index is 2.76. The summed E-state index contributed by atoms with van der Waals surface area (Å²) in [6.07, 6.45) is 22.4. The van der Waals surface area contributed by atoms with Gasteiger partial charge in [0.1, 0.15) is 0 Å². The molecule has 0 saturated heterocycles. The molecule has 0 aliphatic carbocycles. The highest BCUT2D eigenvalue weighted by Crippen LogP contribution is 2.11. The van der Waals surface area contributed by atoms with Gasteiger partial charge < -0.3 is 4.90 Å². The van der Waals surface area contributed by atoms with Gasteiger partial charge in [-0.3, -0.25) is 0 Å². The van der Waals surface area contributed by atoms with Gasteiger partial charge in [-0.05, 0) is 50.9 Å². The lowest BCUT2D eigenvalue weighted by Crippen LogP contribution is -2.27. The fraction of sp³-hybridized carbons (Fsp3) is 0.778. The van der Waals surface area contributed by atoms with E-state index in [0.29, 0.717) is 0 Å². The normalized spacial score (nSPS) is 11.4. The van der Waals surface area contributed by atoms with Crippen molar-refractivity contribution >= 4 is 0 Å². The van der Waals surface area contributed by atoms with E-state index in [1.165, 1.54) is 128 Å². The number of hydrogen-bond donors (Lipinski definition) is 0. The number of rotatable bonds is 20. The maximum Gasteiger partial charge on any atom is -0.00156 e.